The van der Waals surface area contributed by atoms with Crippen LogP contribution in [0.25, 0.3) is 0 Å². The Balaban J connectivity index is 1.74. The molecule has 1 aromatic carbocycles. The summed E-state index contributed by atoms with van der Waals surface area (Å²) >= 11 is 0. The smallest absolute Gasteiger partial charge is 0.336 e. The molecule has 0 bridgehead atoms. The van der Waals surface area contributed by atoms with Crippen molar-refractivity contribution in [1.82, 2.24) is 15.1 Å². The molecule has 0 aliphatic carbocycles. The molecule has 1 atom stereocenters. The van der Waals surface area contributed by atoms with Crippen molar-refractivity contribution in [2.24, 2.45) is 0 Å². The molecule has 0 radical (unpaired) electrons. The number of likely N-dealkylation sites (tertiary alicyclic amines) is 1. The van der Waals surface area contributed by atoms with Crippen LogP contribution in [0, 0.1) is 6.92 Å². The van der Waals surface area contributed by atoms with E-state index >= 15 is 0 Å². The Kier molecular flexibility index (Phi) is 4.24. The minimum atomic E-state index is -0.853. The van der Waals surface area contributed by atoms with Crippen LogP contribution in [-0.2, 0) is 6.54 Å². The summed E-state index contributed by atoms with van der Waals surface area (Å²) in [4.78, 5) is 13.7. The van der Waals surface area contributed by atoms with E-state index in [0.717, 1.165) is 31.5 Å². The molecule has 2 aromatic rings. The van der Waals surface area contributed by atoms with Crippen LogP contribution in [0.5, 0.6) is 0 Å². The van der Waals surface area contributed by atoms with E-state index in [2.05, 4.69) is 22.0 Å². The van der Waals surface area contributed by atoms with E-state index in [0.29, 0.717) is 18.0 Å². The third-order valence-corrected chi connectivity index (χ3v) is 4.42. The van der Waals surface area contributed by atoms with Crippen LogP contribution >= 0.6 is 0 Å². The zero-order chi connectivity index (χ0) is 15.5. The van der Waals surface area contributed by atoms with E-state index in [1.54, 1.807) is 12.1 Å². The van der Waals surface area contributed by atoms with E-state index in [4.69, 9.17) is 0 Å². The Morgan fingerprint density at radius 1 is 1.45 bits per heavy atom. The summed E-state index contributed by atoms with van der Waals surface area (Å²) in [5, 5.41) is 16.5. The molecule has 22 heavy (non-hydrogen) atoms. The Morgan fingerprint density at radius 3 is 3.00 bits per heavy atom. The zero-order valence-electron chi connectivity index (χ0n) is 12.7. The number of rotatable bonds is 4. The van der Waals surface area contributed by atoms with Gasteiger partial charge in [0, 0.05) is 24.7 Å². The molecule has 116 valence electrons. The van der Waals surface area contributed by atoms with Gasteiger partial charge in [0.1, 0.15) is 0 Å². The highest BCUT2D eigenvalue weighted by Gasteiger charge is 2.24. The van der Waals surface area contributed by atoms with E-state index in [1.807, 2.05) is 18.3 Å². The fraction of sp³-hybridized carbons (Fsp3) is 0.412. The van der Waals surface area contributed by atoms with Crippen LogP contribution in [-0.4, -0.2) is 39.3 Å². The highest BCUT2D eigenvalue weighted by molar-refractivity contribution is 5.89. The number of aromatic nitrogens is 2. The van der Waals surface area contributed by atoms with Gasteiger partial charge >= 0.3 is 5.97 Å². The van der Waals surface area contributed by atoms with Crippen molar-refractivity contribution >= 4 is 5.97 Å². The third-order valence-electron chi connectivity index (χ3n) is 4.42. The maximum absolute atomic E-state index is 11.3. The van der Waals surface area contributed by atoms with Crippen molar-refractivity contribution in [3.8, 4) is 0 Å². The molecule has 5 heteroatoms. The Morgan fingerprint density at radius 2 is 2.27 bits per heavy atom. The Labute approximate surface area is 130 Å². The maximum atomic E-state index is 11.3. The number of aromatic amines is 1. The zero-order valence-corrected chi connectivity index (χ0v) is 12.7. The first-order valence-electron chi connectivity index (χ1n) is 7.68. The minimum Gasteiger partial charge on any atom is -0.478 e. The molecule has 1 unspecified atom stereocenters. The molecule has 1 fully saturated rings. The van der Waals surface area contributed by atoms with Gasteiger partial charge in [-0.25, -0.2) is 4.79 Å². The van der Waals surface area contributed by atoms with Crippen LogP contribution in [0.4, 0.5) is 0 Å². The lowest BCUT2D eigenvalue weighted by molar-refractivity contribution is 0.0694. The molecule has 1 aliphatic heterocycles. The second-order valence-electron chi connectivity index (χ2n) is 6.00. The highest BCUT2D eigenvalue weighted by Crippen LogP contribution is 2.28. The van der Waals surface area contributed by atoms with Crippen LogP contribution in [0.2, 0.25) is 0 Å². The molecule has 1 aliphatic rings. The third kappa shape index (κ3) is 3.04. The summed E-state index contributed by atoms with van der Waals surface area (Å²) < 4.78 is 0. The number of piperidine rings is 1. The van der Waals surface area contributed by atoms with Crippen LogP contribution < -0.4 is 0 Å². The van der Waals surface area contributed by atoms with Gasteiger partial charge in [-0.15, -0.1) is 0 Å². The number of carboxylic acid groups (broad SMARTS) is 1. The van der Waals surface area contributed by atoms with Crippen molar-refractivity contribution in [2.75, 3.05) is 13.1 Å². The van der Waals surface area contributed by atoms with Crippen molar-refractivity contribution in [2.45, 2.75) is 32.2 Å². The highest BCUT2D eigenvalue weighted by atomic mass is 16.4. The van der Waals surface area contributed by atoms with E-state index in [-0.39, 0.29) is 0 Å². The van der Waals surface area contributed by atoms with E-state index in [1.165, 1.54) is 11.3 Å². The summed E-state index contributed by atoms with van der Waals surface area (Å²) in [6.07, 6.45) is 4.15. The quantitative estimate of drug-likeness (QED) is 0.911. The number of nitrogens with zero attached hydrogens (tertiary/aromatic N) is 2. The second-order valence-corrected chi connectivity index (χ2v) is 6.00. The molecular weight excluding hydrogens is 278 g/mol. The normalized spacial score (nSPS) is 19.2. The van der Waals surface area contributed by atoms with Gasteiger partial charge in [0.15, 0.2) is 0 Å². The van der Waals surface area contributed by atoms with Gasteiger partial charge in [-0.1, -0.05) is 18.2 Å². The number of H-pyrrole nitrogens is 1. The van der Waals surface area contributed by atoms with Gasteiger partial charge in [-0.3, -0.25) is 10.00 Å². The lowest BCUT2D eigenvalue weighted by Gasteiger charge is -2.32. The Bertz CT molecular complexity index is 665. The number of carboxylic acids is 1. The van der Waals surface area contributed by atoms with Crippen LogP contribution in [0.15, 0.2) is 30.5 Å². The first-order valence-corrected chi connectivity index (χ1v) is 7.68. The van der Waals surface area contributed by atoms with E-state index in [9.17, 15) is 9.90 Å². The number of hydrogen-bond donors (Lipinski definition) is 2. The molecule has 1 saturated heterocycles. The number of aromatic carboxylic acids is 1. The van der Waals surface area contributed by atoms with E-state index < -0.39 is 5.97 Å². The second kappa shape index (κ2) is 6.32. The number of nitrogens with one attached hydrogen (secondary N) is 1. The van der Waals surface area contributed by atoms with Crippen molar-refractivity contribution in [1.29, 1.82) is 0 Å². The van der Waals surface area contributed by atoms with Gasteiger partial charge in [0.2, 0.25) is 0 Å². The summed E-state index contributed by atoms with van der Waals surface area (Å²) in [6, 6.07) is 7.27. The van der Waals surface area contributed by atoms with Crippen LogP contribution in [0.1, 0.15) is 45.9 Å². The molecular formula is C17H21N3O2. The molecule has 0 spiro atoms. The SMILES string of the molecule is Cc1cn[nH]c1C1CCCN(Cc2ccccc2C(=O)O)C1. The largest absolute Gasteiger partial charge is 0.478 e. The Hall–Kier alpha value is -2.14. The molecule has 3 rings (SSSR count). The predicted molar refractivity (Wildman–Crippen MR) is 84.0 cm³/mol. The fourth-order valence-electron chi connectivity index (χ4n) is 3.31. The van der Waals surface area contributed by atoms with Crippen LogP contribution in [0.3, 0.4) is 0 Å². The van der Waals surface area contributed by atoms with Crippen molar-refractivity contribution in [3.05, 3.63) is 52.8 Å². The monoisotopic (exact) mass is 299 g/mol. The van der Waals surface area contributed by atoms with Gasteiger partial charge < -0.3 is 5.11 Å². The average molecular weight is 299 g/mol. The number of aryl methyl sites for hydroxylation is 1. The van der Waals surface area contributed by atoms with Gasteiger partial charge in [-0.2, -0.15) is 5.10 Å². The minimum absolute atomic E-state index is 0.405. The van der Waals surface area contributed by atoms with Crippen molar-refractivity contribution < 1.29 is 9.90 Å². The average Bonchev–Trinajstić information content (AvgIpc) is 2.94. The van der Waals surface area contributed by atoms with Crippen molar-refractivity contribution in [3.63, 3.8) is 0 Å². The molecule has 0 amide bonds. The predicted octanol–water partition coefficient (Wildman–Crippen LogP) is 2.80. The summed E-state index contributed by atoms with van der Waals surface area (Å²) in [6.45, 7) is 4.72. The topological polar surface area (TPSA) is 69.2 Å². The van der Waals surface area contributed by atoms with Gasteiger partial charge in [0.05, 0.1) is 11.8 Å². The van der Waals surface area contributed by atoms with Gasteiger partial charge in [0.25, 0.3) is 0 Å². The van der Waals surface area contributed by atoms with Gasteiger partial charge in [-0.05, 0) is 43.5 Å². The lowest BCUT2D eigenvalue weighted by Crippen LogP contribution is -2.34. The summed E-state index contributed by atoms with van der Waals surface area (Å²) in [5.74, 6) is -0.401. The molecule has 1 aromatic heterocycles. The summed E-state index contributed by atoms with van der Waals surface area (Å²) in [7, 11) is 0. The molecule has 5 nitrogen and oxygen atoms in total. The molecule has 0 saturated carbocycles. The standard InChI is InChI=1S/C17H21N3O2/c1-12-9-18-19-16(12)14-6-4-8-20(11-14)10-13-5-2-3-7-15(13)17(21)22/h2-3,5,7,9,14H,4,6,8,10-11H2,1H3,(H,18,19)(H,21,22). The number of carbonyl (C=O) groups is 1. The lowest BCUT2D eigenvalue weighted by atomic mass is 9.92. The fourth-order valence-corrected chi connectivity index (χ4v) is 3.31. The number of benzene rings is 1. The first-order chi connectivity index (χ1) is 10.6. The maximum Gasteiger partial charge on any atom is 0.336 e. The molecule has 2 heterocycles. The number of hydrogen-bond acceptors (Lipinski definition) is 3. The summed E-state index contributed by atoms with van der Waals surface area (Å²) in [5.41, 5.74) is 3.72. The molecule has 2 N–H and O–H groups in total. The first kappa shape index (κ1) is 14.8.